The zero-order valence-corrected chi connectivity index (χ0v) is 15.8. The second kappa shape index (κ2) is 7.80. The molecule has 7 nitrogen and oxygen atoms in total. The molecule has 0 spiro atoms. The Morgan fingerprint density at radius 2 is 1.86 bits per heavy atom. The first-order valence-electron chi connectivity index (χ1n) is 9.50. The number of oxazole rings is 1. The summed E-state index contributed by atoms with van der Waals surface area (Å²) in [6.07, 6.45) is 0.397. The summed E-state index contributed by atoms with van der Waals surface area (Å²) >= 11 is 0. The lowest BCUT2D eigenvalue weighted by atomic mass is 10.1. The molecule has 2 heterocycles. The van der Waals surface area contributed by atoms with Crippen molar-refractivity contribution in [2.75, 3.05) is 37.7 Å². The second-order valence-electron chi connectivity index (χ2n) is 6.82. The van der Waals surface area contributed by atoms with E-state index in [1.54, 1.807) is 6.07 Å². The van der Waals surface area contributed by atoms with Crippen molar-refractivity contribution in [3.05, 3.63) is 58.6 Å². The van der Waals surface area contributed by atoms with Gasteiger partial charge in [0.1, 0.15) is 5.75 Å². The number of nitrogens with zero attached hydrogens (tertiary/aromatic N) is 2. The minimum absolute atomic E-state index is 0.137. The lowest BCUT2D eigenvalue weighted by Crippen LogP contribution is -2.49. The van der Waals surface area contributed by atoms with Crippen LogP contribution in [-0.2, 0) is 11.2 Å². The average Bonchev–Trinajstić information content (AvgIpc) is 3.09. The lowest BCUT2D eigenvalue weighted by Gasteiger charge is -2.36. The topological polar surface area (TPSA) is 78.8 Å². The molecule has 146 valence electrons. The first-order valence-corrected chi connectivity index (χ1v) is 9.50. The third-order valence-corrected chi connectivity index (χ3v) is 4.99. The zero-order chi connectivity index (χ0) is 19.5. The lowest BCUT2D eigenvalue weighted by molar-refractivity contribution is -0.130. The van der Waals surface area contributed by atoms with Gasteiger partial charge < -0.3 is 19.0 Å². The fraction of sp³-hybridized carbons (Fsp3) is 0.333. The number of hydrogen-bond acceptors (Lipinski definition) is 5. The van der Waals surface area contributed by atoms with Gasteiger partial charge in [-0.1, -0.05) is 12.1 Å². The number of amides is 1. The van der Waals surface area contributed by atoms with Crippen molar-refractivity contribution < 1.29 is 13.9 Å². The number of aromatic amines is 1. The molecule has 0 bridgehead atoms. The van der Waals surface area contributed by atoms with Crippen LogP contribution in [-0.4, -0.2) is 48.6 Å². The monoisotopic (exact) mass is 381 g/mol. The third kappa shape index (κ3) is 3.88. The number of rotatable bonds is 5. The maximum atomic E-state index is 12.6. The van der Waals surface area contributed by atoms with Gasteiger partial charge in [-0.3, -0.25) is 9.78 Å². The summed E-state index contributed by atoms with van der Waals surface area (Å²) in [6.45, 7) is 5.44. The Labute approximate surface area is 162 Å². The number of carbonyl (C=O) groups is 1. The molecule has 0 aliphatic carbocycles. The molecule has 1 fully saturated rings. The molecule has 2 aromatic carbocycles. The van der Waals surface area contributed by atoms with E-state index < -0.39 is 5.76 Å². The van der Waals surface area contributed by atoms with Gasteiger partial charge in [-0.05, 0) is 42.8 Å². The molecule has 1 saturated heterocycles. The minimum Gasteiger partial charge on any atom is -0.494 e. The second-order valence-corrected chi connectivity index (χ2v) is 6.82. The maximum absolute atomic E-state index is 12.6. The summed E-state index contributed by atoms with van der Waals surface area (Å²) in [5.41, 5.74) is 3.25. The molecule has 1 N–H and O–H groups in total. The van der Waals surface area contributed by atoms with Crippen molar-refractivity contribution in [2.45, 2.75) is 13.3 Å². The Balaban J connectivity index is 1.34. The van der Waals surface area contributed by atoms with Gasteiger partial charge in [0.05, 0.1) is 18.5 Å². The van der Waals surface area contributed by atoms with Crippen LogP contribution in [0.1, 0.15) is 12.5 Å². The predicted octanol–water partition coefficient (Wildman–Crippen LogP) is 2.41. The normalized spacial score (nSPS) is 14.5. The summed E-state index contributed by atoms with van der Waals surface area (Å²) < 4.78 is 10.5. The number of H-pyrrole nitrogens is 1. The van der Waals surface area contributed by atoms with Crippen molar-refractivity contribution in [1.29, 1.82) is 0 Å². The van der Waals surface area contributed by atoms with Crippen molar-refractivity contribution in [3.8, 4) is 5.75 Å². The van der Waals surface area contributed by atoms with Crippen LogP contribution in [0.4, 0.5) is 5.69 Å². The number of hydrogen-bond donors (Lipinski definition) is 1. The highest BCUT2D eigenvalue weighted by atomic mass is 16.5. The molecule has 1 amide bonds. The van der Waals surface area contributed by atoms with Crippen LogP contribution >= 0.6 is 0 Å². The Bertz CT molecular complexity index is 1010. The van der Waals surface area contributed by atoms with Crippen molar-refractivity contribution in [2.24, 2.45) is 0 Å². The van der Waals surface area contributed by atoms with Gasteiger partial charge >= 0.3 is 5.76 Å². The fourth-order valence-corrected chi connectivity index (χ4v) is 3.51. The quantitative estimate of drug-likeness (QED) is 0.734. The molecule has 28 heavy (non-hydrogen) atoms. The molecule has 0 unspecified atom stereocenters. The first kappa shape index (κ1) is 18.2. The van der Waals surface area contributed by atoms with E-state index in [9.17, 15) is 9.59 Å². The average molecular weight is 381 g/mol. The predicted molar refractivity (Wildman–Crippen MR) is 107 cm³/mol. The molecule has 7 heteroatoms. The fourth-order valence-electron chi connectivity index (χ4n) is 3.51. The third-order valence-electron chi connectivity index (χ3n) is 4.99. The highest BCUT2D eigenvalue weighted by Gasteiger charge is 2.21. The molecule has 0 saturated carbocycles. The van der Waals surface area contributed by atoms with Crippen molar-refractivity contribution in [3.63, 3.8) is 0 Å². The largest absolute Gasteiger partial charge is 0.494 e. The number of nitrogens with one attached hydrogen (secondary N) is 1. The van der Waals surface area contributed by atoms with E-state index in [4.69, 9.17) is 9.15 Å². The highest BCUT2D eigenvalue weighted by Crippen LogP contribution is 2.22. The van der Waals surface area contributed by atoms with Crippen LogP contribution in [0.3, 0.4) is 0 Å². The number of piperazine rings is 1. The Kier molecular flexibility index (Phi) is 5.06. The number of ether oxygens (including phenoxy) is 1. The van der Waals surface area contributed by atoms with Gasteiger partial charge in [-0.2, -0.15) is 0 Å². The molecular weight excluding hydrogens is 358 g/mol. The van der Waals surface area contributed by atoms with Crippen LogP contribution in [0.15, 0.2) is 51.7 Å². The van der Waals surface area contributed by atoms with Gasteiger partial charge in [-0.15, -0.1) is 0 Å². The van der Waals surface area contributed by atoms with Crippen LogP contribution in [0.2, 0.25) is 0 Å². The number of benzene rings is 2. The van der Waals surface area contributed by atoms with E-state index >= 15 is 0 Å². The van der Waals surface area contributed by atoms with E-state index in [0.717, 1.165) is 30.1 Å². The van der Waals surface area contributed by atoms with E-state index in [2.05, 4.69) is 9.88 Å². The molecule has 1 aromatic heterocycles. The Morgan fingerprint density at radius 1 is 1.11 bits per heavy atom. The van der Waals surface area contributed by atoms with Gasteiger partial charge in [0.15, 0.2) is 5.58 Å². The molecule has 0 radical (unpaired) electrons. The summed E-state index contributed by atoms with van der Waals surface area (Å²) in [7, 11) is 0. The summed E-state index contributed by atoms with van der Waals surface area (Å²) in [6, 6.07) is 13.3. The van der Waals surface area contributed by atoms with E-state index in [1.165, 1.54) is 0 Å². The highest BCUT2D eigenvalue weighted by molar-refractivity contribution is 5.80. The van der Waals surface area contributed by atoms with E-state index in [-0.39, 0.29) is 5.91 Å². The van der Waals surface area contributed by atoms with Gasteiger partial charge in [0.2, 0.25) is 5.91 Å². The van der Waals surface area contributed by atoms with Gasteiger partial charge in [0, 0.05) is 31.9 Å². The number of fused-ring (bicyclic) bond motifs is 1. The van der Waals surface area contributed by atoms with Crippen molar-refractivity contribution >= 4 is 22.7 Å². The van der Waals surface area contributed by atoms with Gasteiger partial charge in [-0.25, -0.2) is 4.79 Å². The Hall–Kier alpha value is -3.22. The van der Waals surface area contributed by atoms with E-state index in [0.29, 0.717) is 37.2 Å². The number of aromatic nitrogens is 1. The molecule has 1 aliphatic heterocycles. The summed E-state index contributed by atoms with van der Waals surface area (Å²) in [5, 5.41) is 0. The molecule has 0 atom stereocenters. The smallest absolute Gasteiger partial charge is 0.417 e. The number of anilines is 1. The van der Waals surface area contributed by atoms with Crippen LogP contribution in [0.5, 0.6) is 5.75 Å². The van der Waals surface area contributed by atoms with E-state index in [1.807, 2.05) is 48.2 Å². The Morgan fingerprint density at radius 3 is 2.57 bits per heavy atom. The molecule has 3 aromatic rings. The van der Waals surface area contributed by atoms with Crippen LogP contribution in [0.25, 0.3) is 11.1 Å². The van der Waals surface area contributed by atoms with Crippen LogP contribution < -0.4 is 15.4 Å². The first-order chi connectivity index (χ1) is 13.6. The molecule has 4 rings (SSSR count). The van der Waals surface area contributed by atoms with Gasteiger partial charge in [0.25, 0.3) is 0 Å². The minimum atomic E-state index is -0.447. The standard InChI is InChI=1S/C21H23N3O4/c1-2-27-17-6-3-15(4-7-17)13-20(25)24-11-9-23(10-12-24)16-5-8-19-18(14-16)22-21(26)28-19/h3-8,14H,2,9-13H2,1H3,(H,22,26). The maximum Gasteiger partial charge on any atom is 0.417 e. The zero-order valence-electron chi connectivity index (χ0n) is 15.8. The molecular formula is C21H23N3O4. The van der Waals surface area contributed by atoms with Crippen molar-refractivity contribution in [1.82, 2.24) is 9.88 Å². The SMILES string of the molecule is CCOc1ccc(CC(=O)N2CCN(c3ccc4oc(=O)[nH]c4c3)CC2)cc1. The summed E-state index contributed by atoms with van der Waals surface area (Å²) in [5.74, 6) is 0.513. The van der Waals surface area contributed by atoms with Crippen LogP contribution in [0, 0.1) is 0 Å². The summed E-state index contributed by atoms with van der Waals surface area (Å²) in [4.78, 5) is 30.7. The number of carbonyl (C=O) groups excluding carboxylic acids is 1. The molecule has 1 aliphatic rings.